The van der Waals surface area contributed by atoms with Gasteiger partial charge in [0.25, 0.3) is 11.8 Å². The molecule has 0 spiro atoms. The summed E-state index contributed by atoms with van der Waals surface area (Å²) in [5, 5.41) is 1.57. The Morgan fingerprint density at radius 2 is 0.712 bits per heavy atom. The van der Waals surface area contributed by atoms with Crippen molar-refractivity contribution in [2.75, 3.05) is 41.5 Å². The molecular formula is C105H81F3N23O15+. The van der Waals surface area contributed by atoms with Gasteiger partial charge in [-0.25, -0.2) is 113 Å². The minimum absolute atomic E-state index is 0.105. The molecule has 0 atom stereocenters. The Morgan fingerprint density at radius 1 is 0.363 bits per heavy atom. The highest BCUT2D eigenvalue weighted by atomic mass is 19.4. The smallest absolute Gasteiger partial charge is 0.417 e. The van der Waals surface area contributed by atoms with Crippen molar-refractivity contribution < 1.29 is 58.5 Å². The number of pyridine rings is 6. The number of aryl methyl sites for hydroxylation is 4. The summed E-state index contributed by atoms with van der Waals surface area (Å²) < 4.78 is 98.6. The zero-order valence-electron chi connectivity index (χ0n) is 78.6. The van der Waals surface area contributed by atoms with Crippen molar-refractivity contribution in [3.8, 4) is 115 Å². The van der Waals surface area contributed by atoms with E-state index in [4.69, 9.17) is 40.7 Å². The Balaban J connectivity index is 0.000000115. The van der Waals surface area contributed by atoms with Crippen LogP contribution < -0.4 is 52.5 Å². The standard InChI is InChI=1S/C18H15N4O3.C18H14N4O2.C18H19N3O3.C17H9F3N4O2.C17H12N4O3.C17H12N4O2/c1-21-9-10-22(11-21)16-12(5-4-8-19-16)17-20-13-6-3-7-14(24-2)15(13)18(23)25-17;1-2-12-5-3-7-14-15(12)18(23)24-17(21-14)13-6-4-8-20-16(13)22-10-9-19-11-22;1-12-6-4-8-14-15(12)18(22)24-17(20-14)13-7-5-9-19-16(13)23-11-10-21(2)3;18-17(19,20)11-4-1-5-12-13(11)16(25)26-15(23-12)10-3-2-6-22-14(10)24-8-7-21-9-24;1-23-13-6-2-4-11-14(13)17(22)24-16(20-11)15-12(5-3-7-19-15)21-9-8-18-10-21;1-11-4-2-5-12-14(11)17(22)23-16(20-12)15-13(6-3-7-19-15)21-9-8-18-10-21/h3-11H,1-2H3;3-11H,2H2,1H3;4-9H,10-11H2,1-3H3;1-9H;2-10H,1H3;2-10H,1H3/q+1;;;;;. The maximum Gasteiger partial charge on any atom is 0.417 e. The number of ether oxygens (including phenoxy) is 3. The van der Waals surface area contributed by atoms with Gasteiger partial charge in [0.15, 0.2) is 11.6 Å². The van der Waals surface area contributed by atoms with Gasteiger partial charge in [0, 0.05) is 93.3 Å². The zero-order chi connectivity index (χ0) is 102. The van der Waals surface area contributed by atoms with Gasteiger partial charge in [0.1, 0.15) is 70.9 Å². The van der Waals surface area contributed by atoms with Crippen molar-refractivity contribution in [1.82, 2.24) is 107 Å². The first-order valence-electron chi connectivity index (χ1n) is 44.6. The van der Waals surface area contributed by atoms with Crippen molar-refractivity contribution in [1.29, 1.82) is 0 Å². The molecule has 6 aromatic carbocycles. The number of hydrogen-bond donors (Lipinski definition) is 0. The summed E-state index contributed by atoms with van der Waals surface area (Å²) in [7, 11) is 8.86. The van der Waals surface area contributed by atoms with Gasteiger partial charge in [0.05, 0.1) is 122 Å². The van der Waals surface area contributed by atoms with Crippen LogP contribution in [0.2, 0.25) is 0 Å². The summed E-state index contributed by atoms with van der Waals surface area (Å²) in [4.78, 5) is 145. The maximum absolute atomic E-state index is 13.1. The van der Waals surface area contributed by atoms with Gasteiger partial charge < -0.3 is 54.7 Å². The number of benzene rings is 6. The number of likely N-dealkylation sites (N-methyl/N-ethyl adjacent to an activating group) is 1. The highest BCUT2D eigenvalue weighted by Gasteiger charge is 2.35. The van der Waals surface area contributed by atoms with Crippen LogP contribution in [0.4, 0.5) is 13.2 Å². The maximum atomic E-state index is 13.1. The van der Waals surface area contributed by atoms with Crippen LogP contribution in [0.3, 0.4) is 0 Å². The van der Waals surface area contributed by atoms with Crippen molar-refractivity contribution in [3.05, 3.63) is 398 Å². The lowest BCUT2D eigenvalue weighted by molar-refractivity contribution is -0.670. The topological polar surface area (TPSA) is 447 Å². The van der Waals surface area contributed by atoms with Gasteiger partial charge in [-0.05, 0) is 178 Å². The predicted molar refractivity (Wildman–Crippen MR) is 531 cm³/mol. The highest BCUT2D eigenvalue weighted by molar-refractivity contribution is 5.89. The molecule has 726 valence electrons. The van der Waals surface area contributed by atoms with Crippen molar-refractivity contribution in [2.24, 2.45) is 7.05 Å². The minimum Gasteiger partial charge on any atom is -0.496 e. The Kier molecular flexibility index (Phi) is 28.4. The number of fused-ring (bicyclic) bond motifs is 6. The largest absolute Gasteiger partial charge is 0.496 e. The molecule has 0 aliphatic carbocycles. The second-order valence-electron chi connectivity index (χ2n) is 32.1. The van der Waals surface area contributed by atoms with Crippen LogP contribution in [0.15, 0.2) is 368 Å². The highest BCUT2D eigenvalue weighted by Crippen LogP contribution is 2.37. The zero-order valence-corrected chi connectivity index (χ0v) is 78.6. The first kappa shape index (κ1) is 96.5. The molecule has 0 amide bonds. The van der Waals surface area contributed by atoms with Gasteiger partial charge in [-0.1, -0.05) is 61.5 Å². The summed E-state index contributed by atoms with van der Waals surface area (Å²) in [6, 6.07) is 51.7. The summed E-state index contributed by atoms with van der Waals surface area (Å²) in [5.41, 5.74) is 5.51. The molecule has 0 bridgehead atoms. The van der Waals surface area contributed by atoms with E-state index >= 15 is 0 Å². The Bertz CT molecular complexity index is 8910. The number of halogens is 3. The average molecular weight is 1960 g/mol. The molecule has 0 radical (unpaired) electrons. The number of aromatic nitrogens is 22. The molecule has 0 fully saturated rings. The number of imidazole rings is 5. The van der Waals surface area contributed by atoms with Gasteiger partial charge in [-0.2, -0.15) is 17.7 Å². The summed E-state index contributed by atoms with van der Waals surface area (Å²) >= 11 is 0. The lowest BCUT2D eigenvalue weighted by Crippen LogP contribution is -2.23. The number of nitrogens with zero attached hydrogens (tertiary/aromatic N) is 23. The third kappa shape index (κ3) is 20.8. The minimum atomic E-state index is -4.69. The number of alkyl halides is 3. The fraction of sp³-hybridized carbons (Fsp3) is 0.114. The van der Waals surface area contributed by atoms with E-state index in [1.807, 2.05) is 147 Å². The van der Waals surface area contributed by atoms with Crippen molar-refractivity contribution in [3.63, 3.8) is 0 Å². The molecule has 0 unspecified atom stereocenters. The first-order chi connectivity index (χ1) is 71.0. The Hall–Kier alpha value is -19.7. The monoisotopic (exact) mass is 1960 g/mol. The third-order valence-electron chi connectivity index (χ3n) is 22.4. The Morgan fingerprint density at radius 3 is 1.13 bits per heavy atom. The molecule has 17 heterocycles. The fourth-order valence-electron chi connectivity index (χ4n) is 15.6. The van der Waals surface area contributed by atoms with E-state index in [-0.39, 0.29) is 46.5 Å². The number of methoxy groups -OCH3 is 2. The molecule has 0 saturated carbocycles. The molecule has 0 aliphatic heterocycles. The first-order valence-corrected chi connectivity index (χ1v) is 44.6. The van der Waals surface area contributed by atoms with E-state index in [1.165, 1.54) is 45.1 Å². The summed E-state index contributed by atoms with van der Waals surface area (Å²) in [6.07, 6.45) is 31.4. The quantitative estimate of drug-likeness (QED) is 0.0720. The third-order valence-corrected chi connectivity index (χ3v) is 22.4. The molecule has 0 saturated heterocycles. The lowest BCUT2D eigenvalue weighted by atomic mass is 10.1. The van der Waals surface area contributed by atoms with Gasteiger partial charge >= 0.3 is 39.9 Å². The molecule has 23 rings (SSSR count). The van der Waals surface area contributed by atoms with Crippen LogP contribution >= 0.6 is 0 Å². The van der Waals surface area contributed by atoms with Crippen LogP contribution in [0.5, 0.6) is 17.4 Å². The molecule has 41 heteroatoms. The molecule has 23 aromatic rings. The van der Waals surface area contributed by atoms with Crippen LogP contribution in [0, 0.1) is 13.8 Å². The van der Waals surface area contributed by atoms with Gasteiger partial charge in [0.2, 0.25) is 41.6 Å². The summed E-state index contributed by atoms with van der Waals surface area (Å²) in [5.74, 6) is 3.77. The lowest BCUT2D eigenvalue weighted by Gasteiger charge is -2.12. The van der Waals surface area contributed by atoms with Crippen LogP contribution in [0.1, 0.15) is 29.2 Å². The molecule has 17 aromatic heterocycles. The van der Waals surface area contributed by atoms with E-state index in [9.17, 15) is 41.9 Å². The number of rotatable bonds is 18. The van der Waals surface area contributed by atoms with Crippen LogP contribution in [-0.4, -0.2) is 149 Å². The molecule has 146 heavy (non-hydrogen) atoms. The van der Waals surface area contributed by atoms with Crippen molar-refractivity contribution in [2.45, 2.75) is 33.4 Å². The molecule has 0 N–H and O–H groups in total. The van der Waals surface area contributed by atoms with Crippen molar-refractivity contribution >= 4 is 65.4 Å². The molecule has 38 nitrogen and oxygen atoms in total. The van der Waals surface area contributed by atoms with Crippen LogP contribution in [0.25, 0.3) is 163 Å². The Labute approximate surface area is 821 Å². The molecule has 0 aliphatic rings. The van der Waals surface area contributed by atoms with Gasteiger partial charge in [-0.15, -0.1) is 0 Å². The second-order valence-corrected chi connectivity index (χ2v) is 32.1. The second kappa shape index (κ2) is 42.9. The van der Waals surface area contributed by atoms with E-state index in [1.54, 1.807) is 203 Å². The van der Waals surface area contributed by atoms with Crippen LogP contribution in [-0.2, 0) is 19.6 Å². The molecular weight excluding hydrogens is 1880 g/mol. The predicted octanol–water partition coefficient (Wildman–Crippen LogP) is 16.0. The number of hydrogen-bond acceptors (Lipinski definition) is 32. The normalized spacial score (nSPS) is 11.2. The summed E-state index contributed by atoms with van der Waals surface area (Å²) in [6.45, 7) is 6.96. The van der Waals surface area contributed by atoms with E-state index in [0.29, 0.717) is 135 Å². The van der Waals surface area contributed by atoms with Gasteiger partial charge in [-0.3, -0.25) is 9.13 Å². The van der Waals surface area contributed by atoms with E-state index < -0.39 is 45.3 Å². The van der Waals surface area contributed by atoms with E-state index in [2.05, 4.69) is 79.7 Å². The SMILES string of the molecule is CCc1cccc2nc(-c3cccnc3-n3ccnc3)oc(=O)c12.COc1cccc2nc(-c3cccnc3-n3cc[n+](C)c3)oc(=O)c12.COc1cccc2nc(-c3ncccc3-n3ccnc3)oc(=O)c12.Cc1cccc2nc(-c3cccnc3OCCN(C)C)oc(=O)c12.Cc1cccc2nc(-c3ncccc3-n3ccnc3)oc(=O)c12.O=c1oc(-c2cccnc2-n2ccnc2)nc2cccc(C(F)(F)F)c12. The average Bonchev–Trinajstić information content (AvgIpc) is 0.809. The van der Waals surface area contributed by atoms with E-state index in [0.717, 1.165) is 41.4 Å². The fourth-order valence-corrected chi connectivity index (χ4v) is 15.6.